The van der Waals surface area contributed by atoms with E-state index in [1.54, 1.807) is 0 Å². The maximum atomic E-state index is 4.48. The largest absolute Gasteiger partial charge is 0.336 e. The van der Waals surface area contributed by atoms with Crippen molar-refractivity contribution in [2.75, 3.05) is 6.54 Å². The Morgan fingerprint density at radius 2 is 1.95 bits per heavy atom. The molecule has 0 spiro atoms. The molecule has 0 radical (unpaired) electrons. The summed E-state index contributed by atoms with van der Waals surface area (Å²) in [6, 6.07) is 4.39. The number of rotatable bonds is 5. The maximum Gasteiger partial charge on any atom is 0.130 e. The molecule has 102 valence electrons. The molecule has 1 atom stereocenters. The zero-order valence-electron chi connectivity index (χ0n) is 12.1. The number of nitrogens with one attached hydrogen (secondary N) is 1. The molecular weight excluding hydrogens is 236 g/mol. The van der Waals surface area contributed by atoms with Crippen LogP contribution in [-0.4, -0.2) is 21.1 Å². The molecule has 2 aromatic rings. The lowest BCUT2D eigenvalue weighted by atomic mass is 10.0. The van der Waals surface area contributed by atoms with Gasteiger partial charge in [0.05, 0.1) is 6.04 Å². The van der Waals surface area contributed by atoms with Crippen molar-refractivity contribution >= 4 is 0 Å². The second-order valence-electron chi connectivity index (χ2n) is 4.97. The summed E-state index contributed by atoms with van der Waals surface area (Å²) in [7, 11) is 2.03. The maximum absolute atomic E-state index is 4.48. The number of nitrogens with zero attached hydrogens (tertiary/aromatic N) is 3. The predicted octanol–water partition coefficient (Wildman–Crippen LogP) is 2.52. The first kappa shape index (κ1) is 13.7. The molecule has 2 rings (SSSR count). The molecule has 0 bridgehead atoms. The van der Waals surface area contributed by atoms with Crippen LogP contribution in [0.3, 0.4) is 0 Å². The molecule has 0 aliphatic rings. The Morgan fingerprint density at radius 1 is 1.26 bits per heavy atom. The van der Waals surface area contributed by atoms with E-state index >= 15 is 0 Å². The fourth-order valence-electron chi connectivity index (χ4n) is 2.34. The molecule has 4 heteroatoms. The summed E-state index contributed by atoms with van der Waals surface area (Å²) in [4.78, 5) is 8.93. The lowest BCUT2D eigenvalue weighted by Gasteiger charge is -2.19. The average molecular weight is 258 g/mol. The number of hydrogen-bond donors (Lipinski definition) is 1. The molecule has 0 aliphatic heterocycles. The lowest BCUT2D eigenvalue weighted by molar-refractivity contribution is 0.554. The van der Waals surface area contributed by atoms with Gasteiger partial charge in [-0.15, -0.1) is 0 Å². The van der Waals surface area contributed by atoms with Gasteiger partial charge in [0.2, 0.25) is 0 Å². The average Bonchev–Trinajstić information content (AvgIpc) is 2.75. The molecule has 0 aromatic carbocycles. The number of imidazole rings is 1. The SMILES string of the molecule is CCCNC(c1cc(C)nc(C)c1)c1nccn1C. The highest BCUT2D eigenvalue weighted by molar-refractivity contribution is 5.28. The van der Waals surface area contributed by atoms with E-state index in [9.17, 15) is 0 Å². The van der Waals surface area contributed by atoms with Gasteiger partial charge in [0.25, 0.3) is 0 Å². The van der Waals surface area contributed by atoms with Gasteiger partial charge in [-0.2, -0.15) is 0 Å². The van der Waals surface area contributed by atoms with Crippen molar-refractivity contribution in [1.29, 1.82) is 0 Å². The summed E-state index contributed by atoms with van der Waals surface area (Å²) in [5.41, 5.74) is 3.33. The molecule has 2 aromatic heterocycles. The van der Waals surface area contributed by atoms with E-state index in [2.05, 4.69) is 38.9 Å². The number of pyridine rings is 1. The standard InChI is InChI=1S/C15H22N4/c1-5-6-16-14(15-17-7-8-19(15)4)13-9-11(2)18-12(3)10-13/h7-10,14,16H,5-6H2,1-4H3. The van der Waals surface area contributed by atoms with E-state index in [1.165, 1.54) is 5.56 Å². The van der Waals surface area contributed by atoms with E-state index in [0.717, 1.165) is 30.2 Å². The van der Waals surface area contributed by atoms with Crippen LogP contribution in [0, 0.1) is 13.8 Å². The van der Waals surface area contributed by atoms with Crippen molar-refractivity contribution in [3.63, 3.8) is 0 Å². The van der Waals surface area contributed by atoms with Gasteiger partial charge >= 0.3 is 0 Å². The van der Waals surface area contributed by atoms with E-state index < -0.39 is 0 Å². The fourth-order valence-corrected chi connectivity index (χ4v) is 2.34. The Hall–Kier alpha value is -1.68. The second kappa shape index (κ2) is 5.97. The fraction of sp³-hybridized carbons (Fsp3) is 0.467. The van der Waals surface area contributed by atoms with Crippen molar-refractivity contribution in [3.8, 4) is 0 Å². The molecule has 0 saturated heterocycles. The first-order valence-corrected chi connectivity index (χ1v) is 6.77. The van der Waals surface area contributed by atoms with Crippen molar-refractivity contribution < 1.29 is 0 Å². The van der Waals surface area contributed by atoms with Gasteiger partial charge in [-0.1, -0.05) is 6.92 Å². The summed E-state index contributed by atoms with van der Waals surface area (Å²) in [6.45, 7) is 7.21. The van der Waals surface area contributed by atoms with Crippen molar-refractivity contribution in [2.45, 2.75) is 33.2 Å². The molecule has 4 nitrogen and oxygen atoms in total. The molecule has 1 unspecified atom stereocenters. The van der Waals surface area contributed by atoms with E-state index in [0.29, 0.717) is 0 Å². The molecule has 0 aliphatic carbocycles. The van der Waals surface area contributed by atoms with Gasteiger partial charge in [-0.05, 0) is 44.5 Å². The van der Waals surface area contributed by atoms with Gasteiger partial charge in [0, 0.05) is 30.8 Å². The molecule has 0 saturated carbocycles. The van der Waals surface area contributed by atoms with E-state index in [4.69, 9.17) is 0 Å². The van der Waals surface area contributed by atoms with Crippen LogP contribution in [-0.2, 0) is 7.05 Å². The van der Waals surface area contributed by atoms with E-state index in [1.807, 2.05) is 33.3 Å². The molecule has 0 amide bonds. The van der Waals surface area contributed by atoms with Gasteiger partial charge < -0.3 is 9.88 Å². The number of aromatic nitrogens is 3. The monoisotopic (exact) mass is 258 g/mol. The highest BCUT2D eigenvalue weighted by Gasteiger charge is 2.18. The van der Waals surface area contributed by atoms with Crippen LogP contribution < -0.4 is 5.32 Å². The normalized spacial score (nSPS) is 12.6. The van der Waals surface area contributed by atoms with Crippen molar-refractivity contribution in [3.05, 3.63) is 47.3 Å². The van der Waals surface area contributed by atoms with Crippen LogP contribution in [0.5, 0.6) is 0 Å². The Bertz CT molecular complexity index is 525. The van der Waals surface area contributed by atoms with Gasteiger partial charge in [0.1, 0.15) is 5.82 Å². The highest BCUT2D eigenvalue weighted by Crippen LogP contribution is 2.21. The summed E-state index contributed by atoms with van der Waals surface area (Å²) >= 11 is 0. The highest BCUT2D eigenvalue weighted by atomic mass is 15.1. The third-order valence-electron chi connectivity index (χ3n) is 3.15. The van der Waals surface area contributed by atoms with Crippen LogP contribution in [0.15, 0.2) is 24.5 Å². The van der Waals surface area contributed by atoms with Gasteiger partial charge in [-0.25, -0.2) is 4.98 Å². The predicted molar refractivity (Wildman–Crippen MR) is 77.1 cm³/mol. The molecule has 1 N–H and O–H groups in total. The summed E-state index contributed by atoms with van der Waals surface area (Å²) in [5.74, 6) is 1.04. The van der Waals surface area contributed by atoms with Gasteiger partial charge in [0.15, 0.2) is 0 Å². The zero-order valence-corrected chi connectivity index (χ0v) is 12.1. The third kappa shape index (κ3) is 3.20. The molecular formula is C15H22N4. The Balaban J connectivity index is 2.39. The third-order valence-corrected chi connectivity index (χ3v) is 3.15. The number of aryl methyl sites for hydroxylation is 3. The Morgan fingerprint density at radius 3 is 2.47 bits per heavy atom. The van der Waals surface area contributed by atoms with Crippen LogP contribution in [0.25, 0.3) is 0 Å². The quantitative estimate of drug-likeness (QED) is 0.896. The second-order valence-corrected chi connectivity index (χ2v) is 4.97. The first-order chi connectivity index (χ1) is 9.11. The van der Waals surface area contributed by atoms with Crippen LogP contribution in [0.4, 0.5) is 0 Å². The first-order valence-electron chi connectivity index (χ1n) is 6.77. The van der Waals surface area contributed by atoms with Gasteiger partial charge in [-0.3, -0.25) is 4.98 Å². The molecule has 0 fully saturated rings. The number of hydrogen-bond acceptors (Lipinski definition) is 3. The minimum absolute atomic E-state index is 0.125. The molecule has 19 heavy (non-hydrogen) atoms. The van der Waals surface area contributed by atoms with Crippen molar-refractivity contribution in [2.24, 2.45) is 7.05 Å². The van der Waals surface area contributed by atoms with E-state index in [-0.39, 0.29) is 6.04 Å². The Kier molecular flexibility index (Phi) is 4.32. The van der Waals surface area contributed by atoms with Crippen LogP contribution in [0.2, 0.25) is 0 Å². The van der Waals surface area contributed by atoms with Crippen molar-refractivity contribution in [1.82, 2.24) is 19.9 Å². The summed E-state index contributed by atoms with van der Waals surface area (Å²) in [5, 5.41) is 3.57. The summed E-state index contributed by atoms with van der Waals surface area (Å²) < 4.78 is 2.07. The minimum atomic E-state index is 0.125. The minimum Gasteiger partial charge on any atom is -0.336 e. The zero-order chi connectivity index (χ0) is 13.8. The lowest BCUT2D eigenvalue weighted by Crippen LogP contribution is -2.26. The smallest absolute Gasteiger partial charge is 0.130 e. The summed E-state index contributed by atoms with van der Waals surface area (Å²) in [6.07, 6.45) is 4.93. The van der Waals surface area contributed by atoms with Crippen LogP contribution in [0.1, 0.15) is 42.2 Å². The Labute approximate surface area is 114 Å². The molecule has 2 heterocycles. The topological polar surface area (TPSA) is 42.7 Å². The van der Waals surface area contributed by atoms with Crippen LogP contribution >= 0.6 is 0 Å².